The van der Waals surface area contributed by atoms with Crippen molar-refractivity contribution in [2.75, 3.05) is 6.54 Å². The lowest BCUT2D eigenvalue weighted by molar-refractivity contribution is 0.737. The van der Waals surface area contributed by atoms with Crippen molar-refractivity contribution in [3.05, 3.63) is 42.3 Å². The first-order valence-electron chi connectivity index (χ1n) is 3.96. The second kappa shape index (κ2) is 4.91. The molecule has 0 amide bonds. The highest BCUT2D eigenvalue weighted by atomic mass is 14.8. The van der Waals surface area contributed by atoms with E-state index in [-0.39, 0.29) is 0 Å². The molecule has 1 aromatic carbocycles. The minimum absolute atomic E-state index is 0.963. The number of benzene rings is 1. The molecule has 11 heavy (non-hydrogen) atoms. The van der Waals surface area contributed by atoms with Crippen molar-refractivity contribution in [2.24, 2.45) is 0 Å². The lowest BCUT2D eigenvalue weighted by Crippen LogP contribution is -2.13. The van der Waals surface area contributed by atoms with Crippen molar-refractivity contribution in [3.63, 3.8) is 0 Å². The first-order valence-corrected chi connectivity index (χ1v) is 3.96. The number of rotatable bonds is 4. The average molecular weight is 148 g/mol. The maximum Gasteiger partial charge on any atom is 0.0205 e. The summed E-state index contributed by atoms with van der Waals surface area (Å²) in [5, 5.41) is 3.30. The van der Waals surface area contributed by atoms with Gasteiger partial charge in [-0.15, -0.1) is 0 Å². The molecule has 1 nitrogen and oxygen atoms in total. The Bertz CT molecular complexity index is 181. The third-order valence-corrected chi connectivity index (χ3v) is 1.52. The molecule has 1 rings (SSSR count). The molecule has 59 valence electrons. The van der Waals surface area contributed by atoms with Crippen LogP contribution in [0.25, 0.3) is 0 Å². The molecule has 1 N–H and O–H groups in total. The predicted molar refractivity (Wildman–Crippen MR) is 48.1 cm³/mol. The van der Waals surface area contributed by atoms with Crippen LogP contribution in [-0.4, -0.2) is 6.54 Å². The zero-order chi connectivity index (χ0) is 7.94. The van der Waals surface area contributed by atoms with Crippen molar-refractivity contribution < 1.29 is 0 Å². The van der Waals surface area contributed by atoms with Gasteiger partial charge in [0.25, 0.3) is 0 Å². The Hall–Kier alpha value is -0.820. The first-order chi connectivity index (χ1) is 5.43. The quantitative estimate of drug-likeness (QED) is 0.644. The average Bonchev–Trinajstić information content (AvgIpc) is 2.07. The van der Waals surface area contributed by atoms with E-state index in [0.717, 1.165) is 13.1 Å². The van der Waals surface area contributed by atoms with Gasteiger partial charge < -0.3 is 5.32 Å². The van der Waals surface area contributed by atoms with E-state index in [1.807, 2.05) is 6.07 Å². The van der Waals surface area contributed by atoms with Crippen molar-refractivity contribution in [2.45, 2.75) is 13.5 Å². The van der Waals surface area contributed by atoms with E-state index >= 15 is 0 Å². The van der Waals surface area contributed by atoms with Crippen molar-refractivity contribution >= 4 is 0 Å². The number of hydrogen-bond acceptors (Lipinski definition) is 1. The van der Waals surface area contributed by atoms with Crippen molar-refractivity contribution in [1.29, 1.82) is 0 Å². The van der Waals surface area contributed by atoms with E-state index in [4.69, 9.17) is 0 Å². The van der Waals surface area contributed by atoms with Crippen LogP contribution in [0.1, 0.15) is 12.5 Å². The fraction of sp³-hybridized carbons (Fsp3) is 0.300. The highest BCUT2D eigenvalue weighted by molar-refractivity contribution is 5.14. The van der Waals surface area contributed by atoms with Gasteiger partial charge in [0.2, 0.25) is 0 Å². The molecule has 0 aliphatic rings. The summed E-state index contributed by atoms with van der Waals surface area (Å²) < 4.78 is 0. The lowest BCUT2D eigenvalue weighted by Gasteiger charge is -2.01. The molecule has 0 aliphatic carbocycles. The molecule has 0 fully saturated rings. The third kappa shape index (κ3) is 3.19. The van der Waals surface area contributed by atoms with E-state index in [9.17, 15) is 0 Å². The molecule has 1 aromatic rings. The third-order valence-electron chi connectivity index (χ3n) is 1.52. The molecule has 0 aromatic heterocycles. The van der Waals surface area contributed by atoms with Crippen molar-refractivity contribution in [3.8, 4) is 0 Å². The van der Waals surface area contributed by atoms with Crippen molar-refractivity contribution in [1.82, 2.24) is 5.32 Å². The van der Waals surface area contributed by atoms with Crippen LogP contribution < -0.4 is 5.32 Å². The van der Waals surface area contributed by atoms with Gasteiger partial charge in [0.1, 0.15) is 0 Å². The van der Waals surface area contributed by atoms with Crippen LogP contribution >= 0.6 is 0 Å². The van der Waals surface area contributed by atoms with Crippen LogP contribution in [0.15, 0.2) is 30.3 Å². The summed E-state index contributed by atoms with van der Waals surface area (Å²) in [4.78, 5) is 0. The molecular weight excluding hydrogens is 134 g/mol. The second-order valence-electron chi connectivity index (χ2n) is 2.52. The van der Waals surface area contributed by atoms with Crippen LogP contribution in [0.3, 0.4) is 0 Å². The van der Waals surface area contributed by atoms with Gasteiger partial charge in [0.05, 0.1) is 0 Å². The van der Waals surface area contributed by atoms with Gasteiger partial charge in [0.15, 0.2) is 0 Å². The molecule has 0 spiro atoms. The van der Waals surface area contributed by atoms with E-state index in [1.165, 1.54) is 5.56 Å². The SMILES string of the molecule is C[CH]CNCc1ccccc1. The standard InChI is InChI=1S/C10H14N/c1-2-8-11-9-10-6-4-3-5-7-10/h2-7,11H,8-9H2,1H3. The molecule has 0 saturated heterocycles. The zero-order valence-electron chi connectivity index (χ0n) is 6.88. The van der Waals surface area contributed by atoms with Gasteiger partial charge in [-0.25, -0.2) is 0 Å². The fourth-order valence-electron chi connectivity index (χ4n) is 0.957. The summed E-state index contributed by atoms with van der Waals surface area (Å²) in [5.41, 5.74) is 1.34. The van der Waals surface area contributed by atoms with Crippen LogP contribution in [0, 0.1) is 6.42 Å². The fourth-order valence-corrected chi connectivity index (χ4v) is 0.957. The van der Waals surface area contributed by atoms with E-state index in [0.29, 0.717) is 0 Å². The maximum absolute atomic E-state index is 3.30. The topological polar surface area (TPSA) is 12.0 Å². The molecule has 0 heterocycles. The van der Waals surface area contributed by atoms with Gasteiger partial charge in [0, 0.05) is 6.54 Å². The molecule has 1 radical (unpaired) electrons. The summed E-state index contributed by atoms with van der Waals surface area (Å²) in [6.45, 7) is 4.00. The van der Waals surface area contributed by atoms with Gasteiger partial charge >= 0.3 is 0 Å². The van der Waals surface area contributed by atoms with E-state index < -0.39 is 0 Å². The highest BCUT2D eigenvalue weighted by Gasteiger charge is 1.87. The molecule has 0 saturated carbocycles. The Morgan fingerprint density at radius 3 is 2.64 bits per heavy atom. The first kappa shape index (κ1) is 8.28. The molecule has 0 bridgehead atoms. The molecule has 1 heteroatoms. The smallest absolute Gasteiger partial charge is 0.0205 e. The Kier molecular flexibility index (Phi) is 3.70. The predicted octanol–water partition coefficient (Wildman–Crippen LogP) is 2.00. The number of hydrogen-bond donors (Lipinski definition) is 1. The summed E-state index contributed by atoms with van der Waals surface area (Å²) in [5.74, 6) is 0. The lowest BCUT2D eigenvalue weighted by atomic mass is 10.2. The zero-order valence-corrected chi connectivity index (χ0v) is 6.88. The Balaban J connectivity index is 2.28. The maximum atomic E-state index is 3.30. The van der Waals surface area contributed by atoms with Crippen LogP contribution in [-0.2, 0) is 6.54 Å². The Morgan fingerprint density at radius 1 is 1.27 bits per heavy atom. The largest absolute Gasteiger partial charge is 0.312 e. The normalized spacial score (nSPS) is 9.91. The summed E-state index contributed by atoms with van der Waals surface area (Å²) in [6, 6.07) is 10.4. The number of nitrogens with one attached hydrogen (secondary N) is 1. The van der Waals surface area contributed by atoms with Crippen LogP contribution in [0.2, 0.25) is 0 Å². The minimum Gasteiger partial charge on any atom is -0.312 e. The van der Waals surface area contributed by atoms with Crippen LogP contribution in [0.5, 0.6) is 0 Å². The minimum atomic E-state index is 0.963. The summed E-state index contributed by atoms with van der Waals surface area (Å²) in [6.07, 6.45) is 2.11. The Labute approximate surface area is 68.4 Å². The molecule has 0 atom stereocenters. The molecular formula is C10H14N. The van der Waals surface area contributed by atoms with Crippen LogP contribution in [0.4, 0.5) is 0 Å². The highest BCUT2D eigenvalue weighted by Crippen LogP contribution is 1.96. The van der Waals surface area contributed by atoms with Gasteiger partial charge in [-0.1, -0.05) is 37.3 Å². The van der Waals surface area contributed by atoms with E-state index in [1.54, 1.807) is 0 Å². The summed E-state index contributed by atoms with van der Waals surface area (Å²) >= 11 is 0. The Morgan fingerprint density at radius 2 is 2.00 bits per heavy atom. The van der Waals surface area contributed by atoms with Gasteiger partial charge in [-0.3, -0.25) is 0 Å². The second-order valence-corrected chi connectivity index (χ2v) is 2.52. The van der Waals surface area contributed by atoms with E-state index in [2.05, 4.69) is 42.9 Å². The molecule has 0 unspecified atom stereocenters. The van der Waals surface area contributed by atoms with Gasteiger partial charge in [-0.05, 0) is 18.5 Å². The summed E-state index contributed by atoms with van der Waals surface area (Å²) in [7, 11) is 0. The molecule has 0 aliphatic heterocycles. The van der Waals surface area contributed by atoms with Gasteiger partial charge in [-0.2, -0.15) is 0 Å². The monoisotopic (exact) mass is 148 g/mol.